The number of nitrogens with one attached hydrogen (secondary N) is 1. The third kappa shape index (κ3) is 4.35. The Hall–Kier alpha value is -2.81. The highest BCUT2D eigenvalue weighted by atomic mass is 32.2. The van der Waals surface area contributed by atoms with Crippen LogP contribution in [0.2, 0.25) is 0 Å². The lowest BCUT2D eigenvalue weighted by Crippen LogP contribution is -2.57. The second-order valence-electron chi connectivity index (χ2n) is 7.38. The number of thioether (sulfide) groups is 1. The number of para-hydroxylation sites is 1. The summed E-state index contributed by atoms with van der Waals surface area (Å²) in [6.45, 7) is 4.26. The number of carbonyl (C=O) groups excluding carboxylic acids is 3. The van der Waals surface area contributed by atoms with Crippen LogP contribution in [-0.2, 0) is 16.1 Å². The largest absolute Gasteiger partial charge is 0.501 e. The number of nitrogens with zero attached hydrogens (tertiary/aromatic N) is 2. The number of benzene rings is 1. The molecule has 0 spiro atoms. The Labute approximate surface area is 179 Å². The Balaban J connectivity index is 1.75. The van der Waals surface area contributed by atoms with E-state index in [9.17, 15) is 14.4 Å². The molecule has 2 aliphatic rings. The Bertz CT molecular complexity index is 925. The molecule has 160 valence electrons. The summed E-state index contributed by atoms with van der Waals surface area (Å²) in [6.07, 6.45) is 1.73. The molecule has 0 saturated heterocycles. The Morgan fingerprint density at radius 2 is 2.03 bits per heavy atom. The van der Waals surface area contributed by atoms with E-state index >= 15 is 0 Å². The Morgan fingerprint density at radius 3 is 2.70 bits per heavy atom. The quantitative estimate of drug-likeness (QED) is 0.633. The molecule has 0 fully saturated rings. The number of fused-ring (bicyclic) bond motifs is 1. The van der Waals surface area contributed by atoms with Crippen LogP contribution in [0.15, 0.2) is 29.7 Å². The van der Waals surface area contributed by atoms with Crippen molar-refractivity contribution in [2.75, 3.05) is 27.3 Å². The number of methoxy groups -OCH3 is 2. The standard InChI is InChI=1S/C21H25N3O5S/c1-13(2)11-24-20(26)19-15(8-9-30-19)23(21(24)27)12-17(25)22-10-14-6-5-7-16(28-3)18(14)29-4/h5-9,13,19H,10-12H2,1-4H3/p+1. The first kappa shape index (κ1) is 21.9. The van der Waals surface area contributed by atoms with E-state index in [0.717, 1.165) is 5.56 Å². The van der Waals surface area contributed by atoms with Crippen LogP contribution in [0.5, 0.6) is 11.5 Å². The fourth-order valence-electron chi connectivity index (χ4n) is 3.43. The molecule has 1 N–H and O–H groups in total. The minimum atomic E-state index is -0.479. The summed E-state index contributed by atoms with van der Waals surface area (Å²) in [6, 6.07) is 4.96. The SMILES string of the molecule is COc1cccc(CNC(=O)C[N+]2=C3C=CSC3C(=O)N(CC(C)C)C2=O)c1OC. The Morgan fingerprint density at radius 1 is 1.27 bits per heavy atom. The third-order valence-corrected chi connectivity index (χ3v) is 5.80. The molecule has 2 heterocycles. The zero-order valence-electron chi connectivity index (χ0n) is 17.5. The topological polar surface area (TPSA) is 88.0 Å². The van der Waals surface area contributed by atoms with Gasteiger partial charge in [0.15, 0.2) is 23.3 Å². The summed E-state index contributed by atoms with van der Waals surface area (Å²) >= 11 is 1.35. The molecule has 0 radical (unpaired) electrons. The van der Waals surface area contributed by atoms with Crippen LogP contribution in [0.4, 0.5) is 4.79 Å². The highest BCUT2D eigenvalue weighted by Crippen LogP contribution is 2.31. The molecule has 3 rings (SSSR count). The first-order chi connectivity index (χ1) is 14.4. The molecule has 8 nitrogen and oxygen atoms in total. The average Bonchev–Trinajstić information content (AvgIpc) is 3.22. The molecule has 4 amide bonds. The van der Waals surface area contributed by atoms with Crippen LogP contribution in [0.1, 0.15) is 19.4 Å². The van der Waals surface area contributed by atoms with Gasteiger partial charge in [-0.15, -0.1) is 11.8 Å². The molecule has 0 aromatic heterocycles. The van der Waals surface area contributed by atoms with E-state index in [1.807, 2.05) is 26.0 Å². The van der Waals surface area contributed by atoms with Gasteiger partial charge in [-0.2, -0.15) is 14.3 Å². The summed E-state index contributed by atoms with van der Waals surface area (Å²) in [5.74, 6) is 0.701. The van der Waals surface area contributed by atoms with Gasteiger partial charge in [0.2, 0.25) is 0 Å². The Kier molecular flexibility index (Phi) is 6.81. The van der Waals surface area contributed by atoms with Crippen molar-refractivity contribution in [3.05, 3.63) is 35.2 Å². The number of hydrogen-bond acceptors (Lipinski definition) is 6. The van der Waals surface area contributed by atoms with Gasteiger partial charge in [-0.1, -0.05) is 26.0 Å². The molecular formula is C21H26N3O5S+. The molecule has 9 heteroatoms. The summed E-state index contributed by atoms with van der Waals surface area (Å²) in [5.41, 5.74) is 1.32. The third-order valence-electron chi connectivity index (χ3n) is 4.80. The zero-order valence-corrected chi connectivity index (χ0v) is 18.3. The van der Waals surface area contributed by atoms with Crippen LogP contribution < -0.4 is 14.8 Å². The number of allylic oxidation sites excluding steroid dienone is 1. The first-order valence-corrected chi connectivity index (χ1v) is 10.6. The van der Waals surface area contributed by atoms with Gasteiger partial charge in [0, 0.05) is 12.1 Å². The van der Waals surface area contributed by atoms with Gasteiger partial charge in [0.1, 0.15) is 5.71 Å². The van der Waals surface area contributed by atoms with E-state index in [1.165, 1.54) is 28.3 Å². The molecule has 1 aromatic rings. The number of urea groups is 1. The maximum Gasteiger partial charge on any atom is 0.501 e. The van der Waals surface area contributed by atoms with E-state index in [0.29, 0.717) is 23.8 Å². The van der Waals surface area contributed by atoms with Crippen LogP contribution in [0.3, 0.4) is 0 Å². The summed E-state index contributed by atoms with van der Waals surface area (Å²) in [5, 5.41) is 4.13. The molecule has 1 atom stereocenters. The maximum atomic E-state index is 13.0. The molecule has 0 bridgehead atoms. The van der Waals surface area contributed by atoms with Crippen LogP contribution in [-0.4, -0.2) is 65.6 Å². The van der Waals surface area contributed by atoms with Gasteiger partial charge in [-0.3, -0.25) is 4.79 Å². The van der Waals surface area contributed by atoms with Crippen molar-refractivity contribution in [1.29, 1.82) is 0 Å². The summed E-state index contributed by atoms with van der Waals surface area (Å²) < 4.78 is 12.1. The second-order valence-corrected chi connectivity index (χ2v) is 8.40. The molecule has 2 aliphatic heterocycles. The lowest BCUT2D eigenvalue weighted by molar-refractivity contribution is -0.426. The van der Waals surface area contributed by atoms with Crippen molar-refractivity contribution in [3.63, 3.8) is 0 Å². The predicted octanol–water partition coefficient (Wildman–Crippen LogP) is 2.02. The maximum absolute atomic E-state index is 13.0. The average molecular weight is 433 g/mol. The van der Waals surface area contributed by atoms with E-state index in [4.69, 9.17) is 9.47 Å². The number of amides is 4. The molecule has 1 unspecified atom stereocenters. The minimum Gasteiger partial charge on any atom is -0.493 e. The monoisotopic (exact) mass is 432 g/mol. The molecule has 1 aromatic carbocycles. The normalized spacial score (nSPS) is 18.2. The lowest BCUT2D eigenvalue weighted by Gasteiger charge is -2.25. The van der Waals surface area contributed by atoms with Gasteiger partial charge in [0.05, 0.1) is 20.8 Å². The van der Waals surface area contributed by atoms with Gasteiger partial charge in [-0.05, 0) is 23.5 Å². The molecule has 30 heavy (non-hydrogen) atoms. The summed E-state index contributed by atoms with van der Waals surface area (Å²) in [7, 11) is 3.09. The number of hydrogen-bond donors (Lipinski definition) is 1. The first-order valence-electron chi connectivity index (χ1n) is 9.65. The van der Waals surface area contributed by atoms with Crippen molar-refractivity contribution in [3.8, 4) is 11.5 Å². The fraction of sp³-hybridized carbons (Fsp3) is 0.429. The van der Waals surface area contributed by atoms with Gasteiger partial charge in [0.25, 0.3) is 5.91 Å². The molecule has 0 aliphatic carbocycles. The minimum absolute atomic E-state index is 0.134. The zero-order chi connectivity index (χ0) is 21.8. The van der Waals surface area contributed by atoms with Crippen molar-refractivity contribution < 1.29 is 28.4 Å². The molecular weight excluding hydrogens is 406 g/mol. The predicted molar refractivity (Wildman–Crippen MR) is 114 cm³/mol. The van der Waals surface area contributed by atoms with E-state index in [2.05, 4.69) is 5.32 Å². The van der Waals surface area contributed by atoms with Crippen LogP contribution >= 0.6 is 11.8 Å². The van der Waals surface area contributed by atoms with Crippen molar-refractivity contribution in [2.24, 2.45) is 5.92 Å². The summed E-state index contributed by atoms with van der Waals surface area (Å²) in [4.78, 5) is 39.6. The van der Waals surface area contributed by atoms with E-state index in [-0.39, 0.29) is 30.8 Å². The van der Waals surface area contributed by atoms with Crippen LogP contribution in [0.25, 0.3) is 0 Å². The van der Waals surface area contributed by atoms with Crippen LogP contribution in [0, 0.1) is 5.92 Å². The van der Waals surface area contributed by atoms with E-state index < -0.39 is 11.3 Å². The number of carbonyl (C=O) groups is 3. The number of ether oxygens (including phenoxy) is 2. The smallest absolute Gasteiger partial charge is 0.493 e. The van der Waals surface area contributed by atoms with Gasteiger partial charge < -0.3 is 14.8 Å². The van der Waals surface area contributed by atoms with Gasteiger partial charge >= 0.3 is 11.9 Å². The van der Waals surface area contributed by atoms with Crippen molar-refractivity contribution >= 4 is 35.3 Å². The second kappa shape index (κ2) is 9.34. The highest BCUT2D eigenvalue weighted by molar-refractivity contribution is 8.04. The fourth-order valence-corrected chi connectivity index (χ4v) is 4.40. The van der Waals surface area contributed by atoms with Gasteiger partial charge in [-0.25, -0.2) is 4.79 Å². The number of rotatable bonds is 8. The van der Waals surface area contributed by atoms with E-state index in [1.54, 1.807) is 24.7 Å². The lowest BCUT2D eigenvalue weighted by atomic mass is 10.1. The molecule has 0 saturated carbocycles. The van der Waals surface area contributed by atoms with Crippen molar-refractivity contribution in [1.82, 2.24) is 10.2 Å². The number of imide groups is 1. The highest BCUT2D eigenvalue weighted by Gasteiger charge is 2.49. The van der Waals surface area contributed by atoms with Crippen molar-refractivity contribution in [2.45, 2.75) is 25.6 Å².